The van der Waals surface area contributed by atoms with Gasteiger partial charge in [-0.2, -0.15) is 12.6 Å². The van der Waals surface area contributed by atoms with Gasteiger partial charge in [-0.05, 0) is 118 Å². The van der Waals surface area contributed by atoms with E-state index in [0.717, 1.165) is 100 Å². The van der Waals surface area contributed by atoms with Crippen LogP contribution in [0.5, 0.6) is 0 Å². The Kier molecular flexibility index (Phi) is 15.9. The molecule has 3 saturated carbocycles. The summed E-state index contributed by atoms with van der Waals surface area (Å²) in [5, 5.41) is -0.0314. The molecular formula is C42H75N3O3S. The molecule has 6 nitrogen and oxygen atoms in total. The van der Waals surface area contributed by atoms with Crippen LogP contribution in [0.2, 0.25) is 0 Å². The molecule has 4 N–H and O–H groups in total. The van der Waals surface area contributed by atoms with Gasteiger partial charge in [-0.3, -0.25) is 9.59 Å². The highest BCUT2D eigenvalue weighted by atomic mass is 32.1. The first-order chi connectivity index (χ1) is 23.3. The lowest BCUT2D eigenvalue weighted by Crippen LogP contribution is -2.50. The molecule has 0 saturated heterocycles. The average Bonchev–Trinajstić information content (AvgIpc) is 3.38. The maximum Gasteiger partial charge on any atom is 0.306 e. The predicted molar refractivity (Wildman–Crippen MR) is 207 cm³/mol. The zero-order chi connectivity index (χ0) is 35.6. The fourth-order valence-electron chi connectivity index (χ4n) is 10.8. The predicted octanol–water partition coefficient (Wildman–Crippen LogP) is 9.59. The average molecular weight is 702 g/mol. The molecule has 4 aliphatic rings. The van der Waals surface area contributed by atoms with E-state index in [9.17, 15) is 9.59 Å². The molecule has 0 aliphatic heterocycles. The highest BCUT2D eigenvalue weighted by Crippen LogP contribution is 2.66. The second kappa shape index (κ2) is 19.1. The highest BCUT2D eigenvalue weighted by molar-refractivity contribution is 7.80. The minimum Gasteiger partial charge on any atom is -0.462 e. The van der Waals surface area contributed by atoms with Gasteiger partial charge in [0.2, 0.25) is 5.91 Å². The van der Waals surface area contributed by atoms with Gasteiger partial charge in [-0.1, -0.05) is 84.3 Å². The molecule has 0 aromatic rings. The smallest absolute Gasteiger partial charge is 0.306 e. The molecule has 9 atom stereocenters. The van der Waals surface area contributed by atoms with Crippen LogP contribution in [0.4, 0.5) is 0 Å². The van der Waals surface area contributed by atoms with Crippen molar-refractivity contribution in [2.24, 2.45) is 51.9 Å². The first-order valence-electron chi connectivity index (χ1n) is 20.7. The van der Waals surface area contributed by atoms with Crippen LogP contribution >= 0.6 is 12.6 Å². The van der Waals surface area contributed by atoms with Gasteiger partial charge >= 0.3 is 5.97 Å². The number of fused-ring (bicyclic) bond motifs is 5. The summed E-state index contributed by atoms with van der Waals surface area (Å²) in [5.41, 5.74) is 14.1. The van der Waals surface area contributed by atoms with Gasteiger partial charge in [0.25, 0.3) is 0 Å². The molecule has 0 spiro atoms. The minimum atomic E-state index is -0.218. The monoisotopic (exact) mass is 702 g/mol. The Morgan fingerprint density at radius 3 is 2.35 bits per heavy atom. The summed E-state index contributed by atoms with van der Waals surface area (Å²) in [6.45, 7) is 13.3. The topological polar surface area (TPSA) is 98.7 Å². The number of nitrogens with zero attached hydrogens (tertiary/aromatic N) is 1. The number of hydrogen-bond acceptors (Lipinski definition) is 6. The molecule has 282 valence electrons. The van der Waals surface area contributed by atoms with Crippen molar-refractivity contribution < 1.29 is 14.3 Å². The third kappa shape index (κ3) is 11.2. The second-order valence-corrected chi connectivity index (χ2v) is 18.5. The van der Waals surface area contributed by atoms with Gasteiger partial charge in [0, 0.05) is 37.3 Å². The molecule has 49 heavy (non-hydrogen) atoms. The van der Waals surface area contributed by atoms with Crippen LogP contribution in [-0.4, -0.2) is 47.4 Å². The molecule has 0 bridgehead atoms. The van der Waals surface area contributed by atoms with E-state index < -0.39 is 0 Å². The van der Waals surface area contributed by atoms with Crippen molar-refractivity contribution in [3.05, 3.63) is 11.6 Å². The lowest BCUT2D eigenvalue weighted by molar-refractivity contribution is -0.153. The van der Waals surface area contributed by atoms with Gasteiger partial charge < -0.3 is 21.1 Å². The molecule has 4 rings (SSSR count). The Morgan fingerprint density at radius 2 is 1.61 bits per heavy atom. The van der Waals surface area contributed by atoms with Crippen molar-refractivity contribution in [3.63, 3.8) is 0 Å². The lowest BCUT2D eigenvalue weighted by Gasteiger charge is -2.58. The molecule has 0 heterocycles. The zero-order valence-electron chi connectivity index (χ0n) is 32.2. The molecule has 7 heteroatoms. The van der Waals surface area contributed by atoms with Crippen molar-refractivity contribution in [1.29, 1.82) is 0 Å². The van der Waals surface area contributed by atoms with Crippen molar-refractivity contribution in [2.75, 3.05) is 13.1 Å². The Morgan fingerprint density at radius 1 is 0.878 bits per heavy atom. The van der Waals surface area contributed by atoms with Crippen LogP contribution < -0.4 is 11.5 Å². The second-order valence-electron chi connectivity index (χ2n) is 17.9. The number of hydrogen-bond donors (Lipinski definition) is 3. The molecule has 0 radical (unpaired) electrons. The number of amides is 1. The maximum atomic E-state index is 13.2. The number of allylic oxidation sites excluding steroid dienone is 1. The first kappa shape index (κ1) is 40.7. The largest absolute Gasteiger partial charge is 0.462 e. The van der Waals surface area contributed by atoms with E-state index in [1.807, 2.05) is 11.8 Å². The number of unbranched alkanes of at least 4 members (excludes halogenated alkanes) is 5. The van der Waals surface area contributed by atoms with Crippen LogP contribution in [0.3, 0.4) is 0 Å². The standard InChI is InChI=1S/C42H75N3O3S/c1-30(2)13-10-11-14-32-17-19-36-35-18-16-33-29-34(22-25-42(33,5)37(35)23-26-41(32,36)4)48-40(47)21-20-39(46)45(28-24-31(3)43)27-12-8-6-7-9-15-38(44)49/h16,30-32,34-38,49H,6-15,17-29,43-44H2,1-5H3. The number of nitrogens with two attached hydrogens (primary N) is 2. The van der Waals surface area contributed by atoms with Crippen LogP contribution in [0.15, 0.2) is 11.6 Å². The summed E-state index contributed by atoms with van der Waals surface area (Å²) in [5.74, 6) is 4.04. The van der Waals surface area contributed by atoms with Crippen molar-refractivity contribution >= 4 is 24.5 Å². The van der Waals surface area contributed by atoms with Gasteiger partial charge in [0.1, 0.15) is 6.10 Å². The van der Waals surface area contributed by atoms with Crippen molar-refractivity contribution in [1.82, 2.24) is 4.90 Å². The number of carbonyl (C=O) groups is 2. The van der Waals surface area contributed by atoms with E-state index in [-0.39, 0.29) is 47.7 Å². The van der Waals surface area contributed by atoms with E-state index in [4.69, 9.17) is 16.2 Å². The summed E-state index contributed by atoms with van der Waals surface area (Å²) >= 11 is 4.25. The van der Waals surface area contributed by atoms with Crippen LogP contribution in [0.25, 0.3) is 0 Å². The zero-order valence-corrected chi connectivity index (χ0v) is 33.1. The molecule has 0 aromatic carbocycles. The number of carbonyl (C=O) groups excluding carboxylic acids is 2. The molecule has 9 unspecified atom stereocenters. The van der Waals surface area contributed by atoms with Crippen molar-refractivity contribution in [3.8, 4) is 0 Å². The number of rotatable bonds is 20. The summed E-state index contributed by atoms with van der Waals surface area (Å²) in [6, 6.07) is 0.0460. The van der Waals surface area contributed by atoms with Crippen LogP contribution in [0, 0.1) is 40.4 Å². The molecule has 4 aliphatic carbocycles. The number of thiol groups is 1. The number of esters is 1. The first-order valence-corrected chi connectivity index (χ1v) is 21.2. The minimum absolute atomic E-state index is 0.0314. The molecule has 3 fully saturated rings. The third-order valence-electron chi connectivity index (χ3n) is 13.8. The summed E-state index contributed by atoms with van der Waals surface area (Å²) in [6.07, 6.45) is 25.5. The summed E-state index contributed by atoms with van der Waals surface area (Å²) < 4.78 is 6.08. The summed E-state index contributed by atoms with van der Waals surface area (Å²) in [4.78, 5) is 28.2. The van der Waals surface area contributed by atoms with Gasteiger partial charge in [0.15, 0.2) is 0 Å². The van der Waals surface area contributed by atoms with E-state index >= 15 is 0 Å². The number of ether oxygens (including phenoxy) is 1. The van der Waals surface area contributed by atoms with Gasteiger partial charge in [0.05, 0.1) is 6.42 Å². The van der Waals surface area contributed by atoms with E-state index in [0.29, 0.717) is 12.0 Å². The molecule has 1 amide bonds. The molecule has 0 aromatic heterocycles. The summed E-state index contributed by atoms with van der Waals surface area (Å²) in [7, 11) is 0. The van der Waals surface area contributed by atoms with Gasteiger partial charge in [-0.25, -0.2) is 0 Å². The van der Waals surface area contributed by atoms with Crippen LogP contribution in [0.1, 0.15) is 169 Å². The molecular weight excluding hydrogens is 627 g/mol. The Labute approximate surface area is 306 Å². The third-order valence-corrected chi connectivity index (χ3v) is 14.1. The fraction of sp³-hybridized carbons (Fsp3) is 0.905. The Balaban J connectivity index is 1.23. The SMILES string of the molecule is CC(C)CCCCC1CCC2C3CC=C4CC(OC(=O)CCC(=O)N(CCCCCCCC(N)S)CCC(C)N)CCC4(C)C3CCC12C. The van der Waals surface area contributed by atoms with Gasteiger partial charge in [-0.15, -0.1) is 0 Å². The quantitative estimate of drug-likeness (QED) is 0.0386. The Hall–Kier alpha value is -1.05. The van der Waals surface area contributed by atoms with E-state index in [2.05, 4.69) is 46.4 Å². The van der Waals surface area contributed by atoms with E-state index in [1.165, 1.54) is 57.8 Å². The highest BCUT2D eigenvalue weighted by Gasteiger charge is 2.58. The normalized spacial score (nSPS) is 32.1. The van der Waals surface area contributed by atoms with E-state index in [1.54, 1.807) is 5.57 Å². The van der Waals surface area contributed by atoms with Crippen molar-refractivity contribution in [2.45, 2.75) is 187 Å². The maximum absolute atomic E-state index is 13.2. The Bertz CT molecular complexity index is 1080. The lowest BCUT2D eigenvalue weighted by atomic mass is 9.47. The fourth-order valence-corrected chi connectivity index (χ4v) is 11.0. The van der Waals surface area contributed by atoms with Crippen LogP contribution in [-0.2, 0) is 14.3 Å².